The lowest BCUT2D eigenvalue weighted by atomic mass is 10.0. The molecule has 1 aromatic rings. The molecule has 0 aromatic heterocycles. The summed E-state index contributed by atoms with van der Waals surface area (Å²) in [4.78, 5) is 2.59. The standard InChI is InChI=1S/C16H24N2/c1-2-5-13-9-11-18(12-13)15-8-3-6-14-7-4-10-17-16(14)15/h3,6,8,13,17H,2,4-5,7,9-12H2,1H3. The van der Waals surface area contributed by atoms with Crippen LogP contribution >= 0.6 is 0 Å². The maximum Gasteiger partial charge on any atom is 0.0610 e. The van der Waals surface area contributed by atoms with Gasteiger partial charge in [-0.3, -0.25) is 0 Å². The van der Waals surface area contributed by atoms with Gasteiger partial charge in [0.15, 0.2) is 0 Å². The maximum absolute atomic E-state index is 3.61. The highest BCUT2D eigenvalue weighted by Crippen LogP contribution is 2.36. The van der Waals surface area contributed by atoms with Crippen molar-refractivity contribution < 1.29 is 0 Å². The first-order chi connectivity index (χ1) is 8.88. The predicted octanol–water partition coefficient (Wildman–Crippen LogP) is 3.67. The van der Waals surface area contributed by atoms with Crippen LogP contribution in [0.5, 0.6) is 0 Å². The van der Waals surface area contributed by atoms with E-state index in [4.69, 9.17) is 0 Å². The van der Waals surface area contributed by atoms with Gasteiger partial charge in [0, 0.05) is 19.6 Å². The summed E-state index contributed by atoms with van der Waals surface area (Å²) < 4.78 is 0. The van der Waals surface area contributed by atoms with Crippen LogP contribution in [0.2, 0.25) is 0 Å². The van der Waals surface area contributed by atoms with Gasteiger partial charge in [-0.1, -0.05) is 25.5 Å². The third kappa shape index (κ3) is 2.21. The van der Waals surface area contributed by atoms with Gasteiger partial charge in [0.1, 0.15) is 0 Å². The molecule has 1 atom stereocenters. The molecule has 2 aliphatic heterocycles. The van der Waals surface area contributed by atoms with E-state index in [1.165, 1.54) is 62.1 Å². The van der Waals surface area contributed by atoms with Crippen molar-refractivity contribution in [1.82, 2.24) is 0 Å². The first-order valence-corrected chi connectivity index (χ1v) is 7.49. The Hall–Kier alpha value is -1.18. The molecule has 0 spiro atoms. The van der Waals surface area contributed by atoms with E-state index in [9.17, 15) is 0 Å². The summed E-state index contributed by atoms with van der Waals surface area (Å²) in [6.45, 7) is 5.93. The average molecular weight is 244 g/mol. The fraction of sp³-hybridized carbons (Fsp3) is 0.625. The second-order valence-corrected chi connectivity index (χ2v) is 5.73. The summed E-state index contributed by atoms with van der Waals surface area (Å²) in [6, 6.07) is 6.81. The number of nitrogens with zero attached hydrogens (tertiary/aromatic N) is 1. The third-order valence-electron chi connectivity index (χ3n) is 4.38. The zero-order valence-corrected chi connectivity index (χ0v) is 11.4. The van der Waals surface area contributed by atoms with E-state index in [0.717, 1.165) is 12.5 Å². The van der Waals surface area contributed by atoms with Crippen LogP contribution in [0.4, 0.5) is 11.4 Å². The molecule has 0 amide bonds. The van der Waals surface area contributed by atoms with Crippen molar-refractivity contribution in [2.75, 3.05) is 29.9 Å². The summed E-state index contributed by atoms with van der Waals surface area (Å²) in [6.07, 6.45) is 6.59. The third-order valence-corrected chi connectivity index (χ3v) is 4.38. The van der Waals surface area contributed by atoms with Crippen molar-refractivity contribution in [2.24, 2.45) is 5.92 Å². The quantitative estimate of drug-likeness (QED) is 0.872. The van der Waals surface area contributed by atoms with E-state index in [2.05, 4.69) is 35.3 Å². The monoisotopic (exact) mass is 244 g/mol. The summed E-state index contributed by atoms with van der Waals surface area (Å²) in [5.41, 5.74) is 4.38. The van der Waals surface area contributed by atoms with E-state index in [1.54, 1.807) is 0 Å². The minimum absolute atomic E-state index is 0.912. The number of hydrogen-bond donors (Lipinski definition) is 1. The molecule has 0 saturated carbocycles. The van der Waals surface area contributed by atoms with Gasteiger partial charge in [-0.25, -0.2) is 0 Å². The normalized spacial score (nSPS) is 22.7. The molecule has 0 radical (unpaired) electrons. The van der Waals surface area contributed by atoms with Crippen molar-refractivity contribution in [1.29, 1.82) is 0 Å². The number of aryl methyl sites for hydroxylation is 1. The Balaban J connectivity index is 1.80. The molecule has 1 aromatic carbocycles. The van der Waals surface area contributed by atoms with Gasteiger partial charge >= 0.3 is 0 Å². The second kappa shape index (κ2) is 5.21. The Morgan fingerprint density at radius 3 is 3.22 bits per heavy atom. The number of hydrogen-bond acceptors (Lipinski definition) is 2. The molecular formula is C16H24N2. The fourth-order valence-electron chi connectivity index (χ4n) is 3.45. The Morgan fingerprint density at radius 1 is 1.39 bits per heavy atom. The van der Waals surface area contributed by atoms with Crippen LogP contribution in [0.3, 0.4) is 0 Å². The van der Waals surface area contributed by atoms with Crippen molar-refractivity contribution in [3.8, 4) is 0 Å². The molecule has 1 saturated heterocycles. The average Bonchev–Trinajstić information content (AvgIpc) is 2.87. The minimum atomic E-state index is 0.912. The van der Waals surface area contributed by atoms with Crippen LogP contribution in [0.1, 0.15) is 38.2 Å². The van der Waals surface area contributed by atoms with Crippen LogP contribution in [0.25, 0.3) is 0 Å². The number of para-hydroxylation sites is 1. The number of benzene rings is 1. The lowest BCUT2D eigenvalue weighted by Crippen LogP contribution is -2.23. The second-order valence-electron chi connectivity index (χ2n) is 5.73. The van der Waals surface area contributed by atoms with E-state index in [-0.39, 0.29) is 0 Å². The smallest absolute Gasteiger partial charge is 0.0610 e. The Labute approximate surface area is 110 Å². The Kier molecular flexibility index (Phi) is 3.44. The molecule has 2 aliphatic rings. The molecule has 3 rings (SSSR count). The van der Waals surface area contributed by atoms with Gasteiger partial charge < -0.3 is 10.2 Å². The van der Waals surface area contributed by atoms with Gasteiger partial charge in [0.25, 0.3) is 0 Å². The summed E-state index contributed by atoms with van der Waals surface area (Å²) in [7, 11) is 0. The van der Waals surface area contributed by atoms with Gasteiger partial charge in [-0.2, -0.15) is 0 Å². The van der Waals surface area contributed by atoms with Crippen LogP contribution in [-0.2, 0) is 6.42 Å². The van der Waals surface area contributed by atoms with E-state index >= 15 is 0 Å². The van der Waals surface area contributed by atoms with Crippen LogP contribution in [-0.4, -0.2) is 19.6 Å². The highest BCUT2D eigenvalue weighted by atomic mass is 15.2. The fourth-order valence-corrected chi connectivity index (χ4v) is 3.45. The van der Waals surface area contributed by atoms with Crippen molar-refractivity contribution in [3.63, 3.8) is 0 Å². The zero-order valence-electron chi connectivity index (χ0n) is 11.4. The summed E-state index contributed by atoms with van der Waals surface area (Å²) in [5, 5.41) is 3.61. The van der Waals surface area contributed by atoms with Crippen LogP contribution in [0, 0.1) is 5.92 Å². The maximum atomic E-state index is 3.61. The predicted molar refractivity (Wildman–Crippen MR) is 78.5 cm³/mol. The van der Waals surface area contributed by atoms with Gasteiger partial charge in [-0.15, -0.1) is 0 Å². The van der Waals surface area contributed by atoms with Crippen molar-refractivity contribution in [3.05, 3.63) is 23.8 Å². The number of anilines is 2. The number of rotatable bonds is 3. The molecule has 2 heterocycles. The highest BCUT2D eigenvalue weighted by Gasteiger charge is 2.24. The van der Waals surface area contributed by atoms with Gasteiger partial charge in [-0.05, 0) is 43.2 Å². The lowest BCUT2D eigenvalue weighted by Gasteiger charge is -2.27. The number of fused-ring (bicyclic) bond motifs is 1. The van der Waals surface area contributed by atoms with E-state index in [1.807, 2.05) is 0 Å². The molecule has 98 valence electrons. The lowest BCUT2D eigenvalue weighted by molar-refractivity contribution is 0.530. The number of nitrogens with one attached hydrogen (secondary N) is 1. The minimum Gasteiger partial charge on any atom is -0.383 e. The molecule has 1 fully saturated rings. The molecule has 18 heavy (non-hydrogen) atoms. The SMILES string of the molecule is CCCC1CCN(c2cccc3c2NCCC3)C1. The van der Waals surface area contributed by atoms with Crippen molar-refractivity contribution in [2.45, 2.75) is 39.0 Å². The van der Waals surface area contributed by atoms with E-state index in [0.29, 0.717) is 0 Å². The first kappa shape index (κ1) is 11.9. The topological polar surface area (TPSA) is 15.3 Å². The zero-order chi connectivity index (χ0) is 12.4. The van der Waals surface area contributed by atoms with E-state index < -0.39 is 0 Å². The summed E-state index contributed by atoms with van der Waals surface area (Å²) in [5.74, 6) is 0.912. The van der Waals surface area contributed by atoms with Gasteiger partial charge in [0.2, 0.25) is 0 Å². The molecule has 1 N–H and O–H groups in total. The largest absolute Gasteiger partial charge is 0.383 e. The first-order valence-electron chi connectivity index (χ1n) is 7.49. The summed E-state index contributed by atoms with van der Waals surface area (Å²) >= 11 is 0. The highest BCUT2D eigenvalue weighted by molar-refractivity contribution is 5.74. The van der Waals surface area contributed by atoms with Crippen molar-refractivity contribution >= 4 is 11.4 Å². The van der Waals surface area contributed by atoms with Crippen LogP contribution < -0.4 is 10.2 Å². The Morgan fingerprint density at radius 2 is 2.33 bits per heavy atom. The Bertz CT molecular complexity index is 414. The molecular weight excluding hydrogens is 220 g/mol. The molecule has 1 unspecified atom stereocenters. The van der Waals surface area contributed by atoms with Crippen LogP contribution in [0.15, 0.2) is 18.2 Å². The van der Waals surface area contributed by atoms with Gasteiger partial charge in [0.05, 0.1) is 11.4 Å². The molecule has 2 nitrogen and oxygen atoms in total. The molecule has 0 aliphatic carbocycles. The molecule has 2 heteroatoms. The molecule has 0 bridgehead atoms.